The first-order chi connectivity index (χ1) is 12.7. The molecule has 0 aliphatic rings. The molecule has 7 nitrogen and oxygen atoms in total. The lowest BCUT2D eigenvalue weighted by molar-refractivity contribution is -0.145. The van der Waals surface area contributed by atoms with Crippen LogP contribution in [0.1, 0.15) is 11.1 Å². The van der Waals surface area contributed by atoms with Gasteiger partial charge in [0.05, 0.1) is 16.6 Å². The Morgan fingerprint density at radius 1 is 1.15 bits per heavy atom. The Labute approximate surface area is 147 Å². The van der Waals surface area contributed by atoms with Gasteiger partial charge in [-0.3, -0.25) is 9.36 Å². The number of hydrogen-bond donors (Lipinski definition) is 0. The second-order valence-corrected chi connectivity index (χ2v) is 5.72. The van der Waals surface area contributed by atoms with E-state index >= 15 is 0 Å². The smallest absolute Gasteiger partial charge is 0.420 e. The van der Waals surface area contributed by atoms with Crippen LogP contribution in [0.4, 0.5) is 0 Å². The third-order valence-corrected chi connectivity index (χ3v) is 4.12. The fourth-order valence-corrected chi connectivity index (χ4v) is 2.91. The highest BCUT2D eigenvalue weighted by molar-refractivity contribution is 5.76. The van der Waals surface area contributed by atoms with Crippen molar-refractivity contribution >= 4 is 22.6 Å². The lowest BCUT2D eigenvalue weighted by Gasteiger charge is -2.04. The topological polar surface area (TPSA) is 89.6 Å². The van der Waals surface area contributed by atoms with Gasteiger partial charge in [-0.15, -0.1) is 0 Å². The van der Waals surface area contributed by atoms with Gasteiger partial charge in [0, 0.05) is 18.0 Å². The molecule has 7 heteroatoms. The number of pyridine rings is 1. The summed E-state index contributed by atoms with van der Waals surface area (Å²) in [6.45, 7) is -0.307. The molecule has 0 fully saturated rings. The first-order valence-corrected chi connectivity index (χ1v) is 7.90. The molecule has 128 valence electrons. The third kappa shape index (κ3) is 2.63. The number of fused-ring (bicyclic) bond motifs is 2. The van der Waals surface area contributed by atoms with E-state index in [9.17, 15) is 14.9 Å². The zero-order valence-corrected chi connectivity index (χ0v) is 13.6. The van der Waals surface area contributed by atoms with Gasteiger partial charge in [0.15, 0.2) is 5.58 Å². The van der Waals surface area contributed by atoms with Gasteiger partial charge in [0.1, 0.15) is 19.2 Å². The Morgan fingerprint density at radius 2 is 1.92 bits per heavy atom. The number of esters is 1. The van der Waals surface area contributed by atoms with E-state index in [-0.39, 0.29) is 13.2 Å². The minimum Gasteiger partial charge on any atom is -0.459 e. The summed E-state index contributed by atoms with van der Waals surface area (Å²) < 4.78 is 13.4. The van der Waals surface area contributed by atoms with Gasteiger partial charge in [0.25, 0.3) is 0 Å². The zero-order valence-electron chi connectivity index (χ0n) is 13.6. The first-order valence-electron chi connectivity index (χ1n) is 7.90. The van der Waals surface area contributed by atoms with Crippen LogP contribution in [0.25, 0.3) is 16.6 Å². The summed E-state index contributed by atoms with van der Waals surface area (Å²) in [5.41, 5.74) is 2.76. The maximum absolute atomic E-state index is 12.2. The fraction of sp³-hybridized carbons (Fsp3) is 0.105. The van der Waals surface area contributed by atoms with Gasteiger partial charge < -0.3 is 13.6 Å². The predicted octanol–water partition coefficient (Wildman–Crippen LogP) is 2.46. The number of para-hydroxylation sites is 2. The number of carbonyl (C=O) groups excluding carboxylic acids is 1. The van der Waals surface area contributed by atoms with Gasteiger partial charge >= 0.3 is 11.7 Å². The fourth-order valence-electron chi connectivity index (χ4n) is 2.91. The molecular formula is C19H13N3O4. The van der Waals surface area contributed by atoms with E-state index in [1.54, 1.807) is 34.9 Å². The standard InChI is InChI=1S/C19H13N3O4/c20-9-14-13(10-21-8-4-3-5-15(14)21)12-25-18(23)11-22-16-6-1-2-7-17(16)26-19(22)24/h1-8,10H,11-12H2. The van der Waals surface area contributed by atoms with Crippen molar-refractivity contribution in [3.63, 3.8) is 0 Å². The Hall–Kier alpha value is -3.79. The predicted molar refractivity (Wildman–Crippen MR) is 92.4 cm³/mol. The second kappa shape index (κ2) is 6.26. The average molecular weight is 347 g/mol. The van der Waals surface area contributed by atoms with Crippen molar-refractivity contribution in [2.75, 3.05) is 0 Å². The lowest BCUT2D eigenvalue weighted by Crippen LogP contribution is -2.21. The molecule has 0 saturated heterocycles. The van der Waals surface area contributed by atoms with Crippen molar-refractivity contribution in [3.8, 4) is 6.07 Å². The molecule has 3 heterocycles. The van der Waals surface area contributed by atoms with E-state index in [0.29, 0.717) is 22.2 Å². The molecule has 0 N–H and O–H groups in total. The van der Waals surface area contributed by atoms with Crippen LogP contribution >= 0.6 is 0 Å². The van der Waals surface area contributed by atoms with Crippen LogP contribution in [-0.4, -0.2) is 14.9 Å². The van der Waals surface area contributed by atoms with Crippen LogP contribution in [0.5, 0.6) is 0 Å². The Kier molecular flexibility index (Phi) is 3.78. The van der Waals surface area contributed by atoms with Crippen LogP contribution in [0, 0.1) is 11.3 Å². The molecule has 0 unspecified atom stereocenters. The normalized spacial score (nSPS) is 10.9. The van der Waals surface area contributed by atoms with Gasteiger partial charge in [-0.2, -0.15) is 5.26 Å². The quantitative estimate of drug-likeness (QED) is 0.529. The van der Waals surface area contributed by atoms with Crippen molar-refractivity contribution in [3.05, 3.63) is 76.5 Å². The number of aromatic nitrogens is 2. The number of nitrogens with zero attached hydrogens (tertiary/aromatic N) is 3. The second-order valence-electron chi connectivity index (χ2n) is 5.72. The average Bonchev–Trinajstić information content (AvgIpc) is 3.17. The van der Waals surface area contributed by atoms with E-state index in [4.69, 9.17) is 9.15 Å². The molecule has 26 heavy (non-hydrogen) atoms. The monoisotopic (exact) mass is 347 g/mol. The van der Waals surface area contributed by atoms with Crippen molar-refractivity contribution < 1.29 is 13.9 Å². The number of carbonyl (C=O) groups is 1. The highest BCUT2D eigenvalue weighted by Crippen LogP contribution is 2.19. The van der Waals surface area contributed by atoms with E-state index in [1.807, 2.05) is 24.4 Å². The van der Waals surface area contributed by atoms with Crippen molar-refractivity contribution in [2.24, 2.45) is 0 Å². The first kappa shape index (κ1) is 15.7. The molecule has 4 aromatic rings. The third-order valence-electron chi connectivity index (χ3n) is 4.12. The van der Waals surface area contributed by atoms with Crippen LogP contribution < -0.4 is 5.76 Å². The number of ether oxygens (including phenoxy) is 1. The number of rotatable bonds is 4. The number of nitriles is 1. The molecule has 4 rings (SSSR count). The van der Waals surface area contributed by atoms with Gasteiger partial charge in [0.2, 0.25) is 0 Å². The largest absolute Gasteiger partial charge is 0.459 e. The highest BCUT2D eigenvalue weighted by Gasteiger charge is 2.15. The molecule has 0 atom stereocenters. The molecule has 0 spiro atoms. The summed E-state index contributed by atoms with van der Waals surface area (Å²) in [4.78, 5) is 24.1. The van der Waals surface area contributed by atoms with Crippen LogP contribution in [0.3, 0.4) is 0 Å². The minimum atomic E-state index is -0.615. The van der Waals surface area contributed by atoms with Gasteiger partial charge in [-0.05, 0) is 24.3 Å². The summed E-state index contributed by atoms with van der Waals surface area (Å²) >= 11 is 0. The molecular weight excluding hydrogens is 334 g/mol. The number of hydrogen-bond acceptors (Lipinski definition) is 5. The maximum Gasteiger partial charge on any atom is 0.420 e. The Morgan fingerprint density at radius 3 is 2.77 bits per heavy atom. The van der Waals surface area contributed by atoms with E-state index in [1.165, 1.54) is 4.57 Å². The number of benzene rings is 1. The van der Waals surface area contributed by atoms with Crippen molar-refractivity contribution in [1.29, 1.82) is 5.26 Å². The Bertz CT molecular complexity index is 1220. The molecule has 0 aliphatic heterocycles. The summed E-state index contributed by atoms with van der Waals surface area (Å²) in [5, 5.41) is 9.37. The van der Waals surface area contributed by atoms with Gasteiger partial charge in [-0.1, -0.05) is 18.2 Å². The van der Waals surface area contributed by atoms with E-state index in [2.05, 4.69) is 6.07 Å². The highest BCUT2D eigenvalue weighted by atomic mass is 16.5. The van der Waals surface area contributed by atoms with Crippen LogP contribution in [0.15, 0.2) is 64.1 Å². The van der Waals surface area contributed by atoms with Crippen molar-refractivity contribution in [2.45, 2.75) is 13.2 Å². The molecule has 0 saturated carbocycles. The van der Waals surface area contributed by atoms with Crippen LogP contribution in [-0.2, 0) is 22.7 Å². The molecule has 3 aromatic heterocycles. The SMILES string of the molecule is N#Cc1c(COC(=O)Cn2c(=O)oc3ccccc32)cn2ccccc12. The maximum atomic E-state index is 12.2. The summed E-state index contributed by atoms with van der Waals surface area (Å²) in [6, 6.07) is 14.5. The summed E-state index contributed by atoms with van der Waals surface area (Å²) in [6.07, 6.45) is 3.57. The van der Waals surface area contributed by atoms with Crippen molar-refractivity contribution in [1.82, 2.24) is 8.97 Å². The molecule has 0 bridgehead atoms. The van der Waals surface area contributed by atoms with Gasteiger partial charge in [-0.25, -0.2) is 4.79 Å². The molecule has 1 aromatic carbocycles. The molecule has 0 amide bonds. The minimum absolute atomic E-state index is 0.0477. The summed E-state index contributed by atoms with van der Waals surface area (Å²) in [7, 11) is 0. The number of oxazole rings is 1. The van der Waals surface area contributed by atoms with Crippen LogP contribution in [0.2, 0.25) is 0 Å². The zero-order chi connectivity index (χ0) is 18.1. The molecule has 0 radical (unpaired) electrons. The lowest BCUT2D eigenvalue weighted by atomic mass is 10.2. The van der Waals surface area contributed by atoms with E-state index in [0.717, 1.165) is 5.52 Å². The Balaban J connectivity index is 1.54. The summed E-state index contributed by atoms with van der Waals surface area (Å²) in [5.74, 6) is -1.20. The molecule has 0 aliphatic carbocycles. The van der Waals surface area contributed by atoms with E-state index < -0.39 is 11.7 Å².